The molecular formula is C37H67IN4O14. The Labute approximate surface area is 345 Å². The van der Waals surface area contributed by atoms with E-state index in [1.165, 1.54) is 6.42 Å². The van der Waals surface area contributed by atoms with Gasteiger partial charge in [-0.15, -0.1) is 0 Å². The summed E-state index contributed by atoms with van der Waals surface area (Å²) in [7, 11) is 0. The molecule has 0 aliphatic carbocycles. The van der Waals surface area contributed by atoms with E-state index in [4.69, 9.17) is 37.9 Å². The van der Waals surface area contributed by atoms with Gasteiger partial charge in [0.2, 0.25) is 29.5 Å². The van der Waals surface area contributed by atoms with Crippen LogP contribution >= 0.6 is 22.6 Å². The Morgan fingerprint density at radius 1 is 0.625 bits per heavy atom. The molecule has 0 saturated carbocycles. The molecule has 18 nitrogen and oxygen atoms in total. The third kappa shape index (κ3) is 30.7. The van der Waals surface area contributed by atoms with Crippen LogP contribution in [0.25, 0.3) is 0 Å². The van der Waals surface area contributed by atoms with E-state index in [1.807, 2.05) is 22.6 Å². The zero-order chi connectivity index (χ0) is 41.8. The van der Waals surface area contributed by atoms with Crippen LogP contribution in [0.2, 0.25) is 0 Å². The van der Waals surface area contributed by atoms with Crippen molar-refractivity contribution in [3.05, 3.63) is 0 Å². The molecule has 56 heavy (non-hydrogen) atoms. The molecule has 326 valence electrons. The summed E-state index contributed by atoms with van der Waals surface area (Å²) in [4.78, 5) is 72.1. The summed E-state index contributed by atoms with van der Waals surface area (Å²) in [5, 5.41) is 7.76. The standard InChI is InChI=1S/C34H59IN4O14.C3H8/c1-26(2)33(44)27(3)38-31(42)25-37-30(41)5-8-46-10-12-48-14-16-50-18-20-52-22-23-53-21-19-51-17-15-49-13-11-47-9-6-36-29(40)4-7-39-32(43)24-28(35)34(39)45;1-3-2/h26-28H,4-25H2,1-3H3,(H,36,40)(H,37,41)(H,38,42);3H2,1-2H3. The minimum atomic E-state index is -0.597. The van der Waals surface area contributed by atoms with Crippen molar-refractivity contribution in [1.82, 2.24) is 20.9 Å². The molecule has 2 atom stereocenters. The molecule has 0 radical (unpaired) electrons. The van der Waals surface area contributed by atoms with Crippen molar-refractivity contribution in [2.75, 3.05) is 125 Å². The number of amides is 5. The van der Waals surface area contributed by atoms with Crippen molar-refractivity contribution in [1.29, 1.82) is 0 Å². The van der Waals surface area contributed by atoms with Gasteiger partial charge in [-0.2, -0.15) is 0 Å². The molecule has 5 amide bonds. The van der Waals surface area contributed by atoms with E-state index in [9.17, 15) is 28.8 Å². The van der Waals surface area contributed by atoms with Gasteiger partial charge in [0.25, 0.3) is 0 Å². The number of likely N-dealkylation sites (tertiary alicyclic amines) is 1. The zero-order valence-corrected chi connectivity index (χ0v) is 36.2. The molecular weight excluding hydrogens is 851 g/mol. The van der Waals surface area contributed by atoms with E-state index >= 15 is 0 Å². The van der Waals surface area contributed by atoms with Crippen LogP contribution in [0.15, 0.2) is 0 Å². The predicted octanol–water partition coefficient (Wildman–Crippen LogP) is 0.840. The first-order chi connectivity index (χ1) is 26.9. The van der Waals surface area contributed by atoms with Gasteiger partial charge in [-0.1, -0.05) is 56.7 Å². The first-order valence-corrected chi connectivity index (χ1v) is 20.7. The summed E-state index contributed by atoms with van der Waals surface area (Å²) in [6, 6.07) is -0.597. The van der Waals surface area contributed by atoms with Gasteiger partial charge < -0.3 is 53.8 Å². The number of carbonyl (C=O) groups is 6. The first kappa shape index (κ1) is 53.6. The van der Waals surface area contributed by atoms with Crippen molar-refractivity contribution in [2.24, 2.45) is 5.92 Å². The molecule has 0 bridgehead atoms. The number of imide groups is 1. The monoisotopic (exact) mass is 918 g/mol. The fourth-order valence-electron chi connectivity index (χ4n) is 4.38. The van der Waals surface area contributed by atoms with Gasteiger partial charge in [-0.05, 0) is 6.92 Å². The third-order valence-corrected chi connectivity index (χ3v) is 8.19. The van der Waals surface area contributed by atoms with E-state index in [0.29, 0.717) is 106 Å². The minimum Gasteiger partial charge on any atom is -0.379 e. The maximum atomic E-state index is 11.9. The summed E-state index contributed by atoms with van der Waals surface area (Å²) in [6.45, 7) is 15.9. The minimum absolute atomic E-state index is 0.0682. The van der Waals surface area contributed by atoms with Crippen molar-refractivity contribution in [3.63, 3.8) is 0 Å². The van der Waals surface area contributed by atoms with Gasteiger partial charge in [-0.3, -0.25) is 33.7 Å². The summed E-state index contributed by atoms with van der Waals surface area (Å²) in [6.07, 6.45) is 1.62. The Morgan fingerprint density at radius 3 is 1.41 bits per heavy atom. The number of nitrogens with one attached hydrogen (secondary N) is 3. The van der Waals surface area contributed by atoms with E-state index in [2.05, 4.69) is 29.8 Å². The molecule has 0 spiro atoms. The average molecular weight is 919 g/mol. The Morgan fingerprint density at radius 2 is 1.02 bits per heavy atom. The number of rotatable bonds is 35. The maximum absolute atomic E-state index is 11.9. The quantitative estimate of drug-likeness (QED) is 0.0348. The predicted molar refractivity (Wildman–Crippen MR) is 214 cm³/mol. The number of halogens is 1. The van der Waals surface area contributed by atoms with Gasteiger partial charge in [0.05, 0.1) is 122 Å². The van der Waals surface area contributed by atoms with Gasteiger partial charge >= 0.3 is 0 Å². The summed E-state index contributed by atoms with van der Waals surface area (Å²) in [5.74, 6) is -1.70. The fourth-order valence-corrected chi connectivity index (χ4v) is 5.09. The molecule has 1 rings (SSSR count). The van der Waals surface area contributed by atoms with Crippen molar-refractivity contribution in [3.8, 4) is 0 Å². The smallest absolute Gasteiger partial charge is 0.242 e. The highest BCUT2D eigenvalue weighted by Crippen LogP contribution is 2.20. The van der Waals surface area contributed by atoms with Crippen LogP contribution in [0.5, 0.6) is 0 Å². The lowest BCUT2D eigenvalue weighted by molar-refractivity contribution is -0.138. The highest BCUT2D eigenvalue weighted by atomic mass is 127. The van der Waals surface area contributed by atoms with Crippen molar-refractivity contribution in [2.45, 2.75) is 70.3 Å². The van der Waals surface area contributed by atoms with Crippen molar-refractivity contribution < 1.29 is 66.7 Å². The lowest BCUT2D eigenvalue weighted by Crippen LogP contribution is -2.45. The number of hydrogen-bond acceptors (Lipinski definition) is 14. The molecule has 1 heterocycles. The van der Waals surface area contributed by atoms with E-state index in [0.717, 1.165) is 4.90 Å². The van der Waals surface area contributed by atoms with Crippen LogP contribution in [-0.4, -0.2) is 176 Å². The second kappa shape index (κ2) is 36.9. The number of nitrogens with zero attached hydrogens (tertiary/aromatic N) is 1. The van der Waals surface area contributed by atoms with E-state index < -0.39 is 11.9 Å². The number of Topliss-reactive ketones (excluding diaryl/α,β-unsaturated/α-hetero) is 1. The van der Waals surface area contributed by atoms with Crippen LogP contribution < -0.4 is 16.0 Å². The van der Waals surface area contributed by atoms with E-state index in [-0.39, 0.29) is 78.2 Å². The second-order valence-electron chi connectivity index (χ2n) is 12.6. The number of ether oxygens (including phenoxy) is 8. The molecule has 0 aromatic rings. The lowest BCUT2D eigenvalue weighted by atomic mass is 10.0. The highest BCUT2D eigenvalue weighted by Gasteiger charge is 2.36. The Kier molecular flexibility index (Phi) is 35.4. The van der Waals surface area contributed by atoms with E-state index in [1.54, 1.807) is 20.8 Å². The molecule has 2 unspecified atom stereocenters. The molecule has 0 aromatic heterocycles. The average Bonchev–Trinajstić information content (AvgIpc) is 3.41. The van der Waals surface area contributed by atoms with Gasteiger partial charge in [-0.25, -0.2) is 0 Å². The van der Waals surface area contributed by atoms with Gasteiger partial charge in [0, 0.05) is 38.3 Å². The second-order valence-corrected chi connectivity index (χ2v) is 14.1. The summed E-state index contributed by atoms with van der Waals surface area (Å²) < 4.78 is 43.1. The lowest BCUT2D eigenvalue weighted by Gasteiger charge is -2.15. The van der Waals surface area contributed by atoms with Gasteiger partial charge in [0.15, 0.2) is 5.78 Å². The fraction of sp³-hybridized carbons (Fsp3) is 0.838. The van der Waals surface area contributed by atoms with Gasteiger partial charge in [0.1, 0.15) is 0 Å². The number of alkyl halides is 1. The molecule has 1 saturated heterocycles. The SMILES string of the molecule is CC(C)C(=O)C(C)NC(=O)CNC(=O)CCOCCOCCOCCOCCOCCOCCOCCOCCNC(=O)CCN1C(=O)CC(I)C1=O.CCC. The molecule has 0 aromatic carbocycles. The number of carbonyl (C=O) groups excluding carboxylic acids is 6. The topological polar surface area (TPSA) is 216 Å². The maximum Gasteiger partial charge on any atom is 0.242 e. The first-order valence-electron chi connectivity index (χ1n) is 19.4. The Hall–Kier alpha value is -2.37. The molecule has 1 aliphatic heterocycles. The molecule has 1 aliphatic rings. The van der Waals surface area contributed by atoms with Crippen LogP contribution in [0.3, 0.4) is 0 Å². The Balaban J connectivity index is 0.00000974. The number of hydrogen-bond donors (Lipinski definition) is 3. The summed E-state index contributed by atoms with van der Waals surface area (Å²) in [5.41, 5.74) is 0. The third-order valence-electron chi connectivity index (χ3n) is 7.22. The summed E-state index contributed by atoms with van der Waals surface area (Å²) >= 11 is 1.94. The normalized spacial score (nSPS) is 14.4. The molecule has 3 N–H and O–H groups in total. The molecule has 19 heteroatoms. The van der Waals surface area contributed by atoms with Crippen LogP contribution in [-0.2, 0) is 66.7 Å². The van der Waals surface area contributed by atoms with Crippen LogP contribution in [0.1, 0.15) is 60.3 Å². The van der Waals surface area contributed by atoms with Crippen LogP contribution in [0.4, 0.5) is 0 Å². The largest absolute Gasteiger partial charge is 0.379 e. The number of ketones is 1. The molecule has 1 fully saturated rings. The highest BCUT2D eigenvalue weighted by molar-refractivity contribution is 14.1. The van der Waals surface area contributed by atoms with Crippen LogP contribution in [0, 0.1) is 5.92 Å². The zero-order valence-electron chi connectivity index (χ0n) is 34.0. The van der Waals surface area contributed by atoms with Crippen molar-refractivity contribution >= 4 is 57.9 Å². The Bertz CT molecular complexity index is 1090.